The number of nitrogens with one attached hydrogen (secondary N) is 1. The smallest absolute Gasteiger partial charge is 0.414 e. The maximum Gasteiger partial charge on any atom is 0.414 e. The van der Waals surface area contributed by atoms with Crippen molar-refractivity contribution in [2.45, 2.75) is 19.5 Å². The molecule has 0 heterocycles. The molecule has 0 fully saturated rings. The molecule has 7 nitrogen and oxygen atoms in total. The lowest BCUT2D eigenvalue weighted by Crippen LogP contribution is -2.29. The van der Waals surface area contributed by atoms with Crippen LogP contribution in [-0.2, 0) is 20.9 Å². The number of carboxylic acid groups (broad SMARTS) is 2. The van der Waals surface area contributed by atoms with Gasteiger partial charge in [0.25, 0.3) is 0 Å². The molecule has 1 aromatic carbocycles. The number of ether oxygens (including phenoxy) is 2. The van der Waals surface area contributed by atoms with Crippen molar-refractivity contribution in [1.82, 2.24) is 5.32 Å². The summed E-state index contributed by atoms with van der Waals surface area (Å²) in [6.45, 7) is 3.69. The maximum atomic E-state index is 9.10. The highest BCUT2D eigenvalue weighted by Gasteiger charge is 2.04. The highest BCUT2D eigenvalue weighted by Crippen LogP contribution is 2.10. The normalized spacial score (nSPS) is 11.0. The van der Waals surface area contributed by atoms with E-state index in [1.807, 2.05) is 12.1 Å². The number of hydrogen-bond acceptors (Lipinski definition) is 5. The van der Waals surface area contributed by atoms with Gasteiger partial charge in [0.05, 0.1) is 13.7 Å². The van der Waals surface area contributed by atoms with E-state index in [4.69, 9.17) is 29.3 Å². The Labute approximate surface area is 123 Å². The molecule has 3 N–H and O–H groups in total. The van der Waals surface area contributed by atoms with Crippen LogP contribution in [0.5, 0.6) is 5.75 Å². The highest BCUT2D eigenvalue weighted by atomic mass is 16.5. The highest BCUT2D eigenvalue weighted by molar-refractivity contribution is 6.27. The van der Waals surface area contributed by atoms with Gasteiger partial charge in [0, 0.05) is 19.7 Å². The second-order valence-electron chi connectivity index (χ2n) is 4.20. The van der Waals surface area contributed by atoms with Crippen LogP contribution < -0.4 is 10.1 Å². The second kappa shape index (κ2) is 10.6. The molecule has 0 saturated heterocycles. The summed E-state index contributed by atoms with van der Waals surface area (Å²) in [4.78, 5) is 18.2. The average molecular weight is 299 g/mol. The predicted octanol–water partition coefficient (Wildman–Crippen LogP) is 0.975. The van der Waals surface area contributed by atoms with E-state index in [0.29, 0.717) is 6.04 Å². The molecule has 21 heavy (non-hydrogen) atoms. The summed E-state index contributed by atoms with van der Waals surface area (Å²) < 4.78 is 10.1. The largest absolute Gasteiger partial charge is 0.497 e. The Bertz CT molecular complexity index is 420. The lowest BCUT2D eigenvalue weighted by molar-refractivity contribution is -0.159. The number of rotatable bonds is 6. The molecule has 0 aliphatic rings. The number of carbonyl (C=O) groups is 2. The molecule has 0 aromatic heterocycles. The molecular formula is C14H21NO6. The fourth-order valence-electron chi connectivity index (χ4n) is 1.34. The number of benzene rings is 1. The summed E-state index contributed by atoms with van der Waals surface area (Å²) >= 11 is 0. The molecule has 0 amide bonds. The second-order valence-corrected chi connectivity index (χ2v) is 4.20. The number of hydrogen-bond donors (Lipinski definition) is 3. The van der Waals surface area contributed by atoms with Gasteiger partial charge in [0.15, 0.2) is 0 Å². The summed E-state index contributed by atoms with van der Waals surface area (Å²) in [6.07, 6.45) is 0. The Kier molecular flexibility index (Phi) is 9.57. The first-order valence-corrected chi connectivity index (χ1v) is 6.22. The Balaban J connectivity index is 0.000000567. The molecular weight excluding hydrogens is 278 g/mol. The van der Waals surface area contributed by atoms with E-state index in [1.54, 1.807) is 14.2 Å². The zero-order valence-corrected chi connectivity index (χ0v) is 12.3. The monoisotopic (exact) mass is 299 g/mol. The lowest BCUT2D eigenvalue weighted by Gasteiger charge is -2.12. The van der Waals surface area contributed by atoms with E-state index >= 15 is 0 Å². The number of methoxy groups -OCH3 is 2. The van der Waals surface area contributed by atoms with Gasteiger partial charge in [-0.3, -0.25) is 0 Å². The molecule has 0 spiro atoms. The molecule has 0 radical (unpaired) electrons. The van der Waals surface area contributed by atoms with E-state index in [1.165, 1.54) is 5.56 Å². The van der Waals surface area contributed by atoms with Crippen LogP contribution in [0.3, 0.4) is 0 Å². The van der Waals surface area contributed by atoms with Crippen LogP contribution in [0.4, 0.5) is 0 Å². The average Bonchev–Trinajstić information content (AvgIpc) is 2.46. The minimum Gasteiger partial charge on any atom is -0.497 e. The van der Waals surface area contributed by atoms with Crippen molar-refractivity contribution in [3.63, 3.8) is 0 Å². The Morgan fingerprint density at radius 1 is 1.14 bits per heavy atom. The van der Waals surface area contributed by atoms with Gasteiger partial charge in [-0.2, -0.15) is 0 Å². The molecule has 1 rings (SSSR count). The molecule has 118 valence electrons. The fourth-order valence-corrected chi connectivity index (χ4v) is 1.34. The van der Waals surface area contributed by atoms with Crippen LogP contribution in [0.1, 0.15) is 12.5 Å². The number of carboxylic acids is 2. The first kappa shape index (κ1) is 18.9. The summed E-state index contributed by atoms with van der Waals surface area (Å²) in [6, 6.07) is 8.43. The Morgan fingerprint density at radius 2 is 1.67 bits per heavy atom. The minimum absolute atomic E-state index is 0.372. The third-order valence-electron chi connectivity index (χ3n) is 2.41. The van der Waals surface area contributed by atoms with E-state index in [-0.39, 0.29) is 0 Å². The fraction of sp³-hybridized carbons (Fsp3) is 0.429. The zero-order chi connectivity index (χ0) is 16.3. The van der Waals surface area contributed by atoms with Gasteiger partial charge in [-0.15, -0.1) is 0 Å². The summed E-state index contributed by atoms with van der Waals surface area (Å²) in [5.74, 6) is -2.76. The minimum atomic E-state index is -1.82. The van der Waals surface area contributed by atoms with Crippen molar-refractivity contribution >= 4 is 11.9 Å². The van der Waals surface area contributed by atoms with Crippen LogP contribution in [0.15, 0.2) is 24.3 Å². The molecule has 0 bridgehead atoms. The summed E-state index contributed by atoms with van der Waals surface area (Å²) in [7, 11) is 3.39. The topological polar surface area (TPSA) is 105 Å². The van der Waals surface area contributed by atoms with Gasteiger partial charge < -0.3 is 25.0 Å². The maximum absolute atomic E-state index is 9.10. The van der Waals surface area contributed by atoms with Crippen LogP contribution in [0.25, 0.3) is 0 Å². The van der Waals surface area contributed by atoms with Gasteiger partial charge in [-0.05, 0) is 24.6 Å². The van der Waals surface area contributed by atoms with Crippen LogP contribution in [-0.4, -0.2) is 49.0 Å². The van der Waals surface area contributed by atoms with Gasteiger partial charge in [-0.1, -0.05) is 12.1 Å². The molecule has 0 aliphatic carbocycles. The molecule has 0 saturated carbocycles. The van der Waals surface area contributed by atoms with E-state index in [9.17, 15) is 0 Å². The van der Waals surface area contributed by atoms with E-state index in [2.05, 4.69) is 24.4 Å². The van der Waals surface area contributed by atoms with Crippen molar-refractivity contribution in [2.24, 2.45) is 0 Å². The number of aliphatic carboxylic acids is 2. The van der Waals surface area contributed by atoms with E-state index < -0.39 is 11.9 Å². The van der Waals surface area contributed by atoms with Crippen molar-refractivity contribution in [3.8, 4) is 5.75 Å². The Hall–Kier alpha value is -2.12. The molecule has 1 atom stereocenters. The van der Waals surface area contributed by atoms with Crippen molar-refractivity contribution in [3.05, 3.63) is 29.8 Å². The first-order valence-electron chi connectivity index (χ1n) is 6.22. The van der Waals surface area contributed by atoms with Crippen molar-refractivity contribution in [1.29, 1.82) is 0 Å². The quantitative estimate of drug-likeness (QED) is 0.672. The SMILES string of the molecule is COCC(C)NCc1ccc(OC)cc1.O=C(O)C(=O)O. The Morgan fingerprint density at radius 3 is 2.05 bits per heavy atom. The van der Waals surface area contributed by atoms with Crippen LogP contribution >= 0.6 is 0 Å². The first-order chi connectivity index (χ1) is 9.90. The lowest BCUT2D eigenvalue weighted by atomic mass is 10.2. The van der Waals surface area contributed by atoms with Gasteiger partial charge >= 0.3 is 11.9 Å². The molecule has 1 aromatic rings. The van der Waals surface area contributed by atoms with Crippen molar-refractivity contribution in [2.75, 3.05) is 20.8 Å². The van der Waals surface area contributed by atoms with Gasteiger partial charge in [-0.25, -0.2) is 9.59 Å². The summed E-state index contributed by atoms with van der Waals surface area (Å²) in [5, 5.41) is 18.2. The third-order valence-corrected chi connectivity index (χ3v) is 2.41. The van der Waals surface area contributed by atoms with Gasteiger partial charge in [0.1, 0.15) is 5.75 Å². The molecule has 7 heteroatoms. The van der Waals surface area contributed by atoms with Crippen LogP contribution in [0.2, 0.25) is 0 Å². The standard InChI is InChI=1S/C12H19NO2.C2H2O4/c1-10(9-14-2)13-8-11-4-6-12(15-3)7-5-11;3-1(4)2(5)6/h4-7,10,13H,8-9H2,1-3H3;(H,3,4)(H,5,6). The third kappa shape index (κ3) is 9.42. The van der Waals surface area contributed by atoms with Gasteiger partial charge in [0.2, 0.25) is 0 Å². The van der Waals surface area contributed by atoms with Crippen LogP contribution in [0, 0.1) is 0 Å². The molecule has 0 aliphatic heterocycles. The van der Waals surface area contributed by atoms with Crippen molar-refractivity contribution < 1.29 is 29.3 Å². The van der Waals surface area contributed by atoms with E-state index in [0.717, 1.165) is 18.9 Å². The molecule has 1 unspecified atom stereocenters. The zero-order valence-electron chi connectivity index (χ0n) is 12.3. The predicted molar refractivity (Wildman–Crippen MR) is 76.4 cm³/mol. The summed E-state index contributed by atoms with van der Waals surface area (Å²) in [5.41, 5.74) is 1.25.